The molecule has 5 rings (SSSR count). The third-order valence-corrected chi connectivity index (χ3v) is 4.80. The fourth-order valence-corrected chi connectivity index (χ4v) is 3.28. The van der Waals surface area contributed by atoms with Crippen molar-refractivity contribution in [3.8, 4) is 5.75 Å². The summed E-state index contributed by atoms with van der Waals surface area (Å²) in [5, 5.41) is 4.86. The van der Waals surface area contributed by atoms with Crippen molar-refractivity contribution in [2.24, 2.45) is 0 Å². The summed E-state index contributed by atoms with van der Waals surface area (Å²) in [6.07, 6.45) is 1.72. The van der Waals surface area contributed by atoms with E-state index in [0.717, 1.165) is 16.4 Å². The van der Waals surface area contributed by atoms with Crippen LogP contribution in [0.15, 0.2) is 75.8 Å². The standard InChI is InChI=1S/C23H18N4O4/c1-27(13-21-25-17-8-2-3-9-19(17)30-21)23(28)18-12-16(31-26-18)14-29-20-10-4-6-15-7-5-11-24-22(15)20/h2-12H,13-14H2,1H3. The molecule has 0 unspecified atom stereocenters. The summed E-state index contributed by atoms with van der Waals surface area (Å²) in [6, 6.07) is 18.6. The van der Waals surface area contributed by atoms with Crippen LogP contribution in [0.2, 0.25) is 0 Å². The number of carbonyl (C=O) groups excluding carboxylic acids is 1. The van der Waals surface area contributed by atoms with Gasteiger partial charge in [0.1, 0.15) is 23.4 Å². The van der Waals surface area contributed by atoms with E-state index in [0.29, 0.717) is 23.0 Å². The molecule has 8 heteroatoms. The minimum Gasteiger partial charge on any atom is -0.483 e. The normalized spacial score (nSPS) is 11.1. The Balaban J connectivity index is 1.25. The van der Waals surface area contributed by atoms with Crippen LogP contribution in [0.25, 0.3) is 22.0 Å². The number of rotatable bonds is 6. The Morgan fingerprint density at radius 1 is 1.10 bits per heavy atom. The fraction of sp³-hybridized carbons (Fsp3) is 0.130. The molecule has 8 nitrogen and oxygen atoms in total. The highest BCUT2D eigenvalue weighted by molar-refractivity contribution is 5.92. The highest BCUT2D eigenvalue weighted by Crippen LogP contribution is 2.24. The lowest BCUT2D eigenvalue weighted by molar-refractivity contribution is 0.0763. The summed E-state index contributed by atoms with van der Waals surface area (Å²) >= 11 is 0. The Labute approximate surface area is 177 Å². The second-order valence-electron chi connectivity index (χ2n) is 7.03. The molecule has 0 aliphatic heterocycles. The van der Waals surface area contributed by atoms with Gasteiger partial charge < -0.3 is 18.6 Å². The van der Waals surface area contributed by atoms with Crippen LogP contribution in [0.3, 0.4) is 0 Å². The van der Waals surface area contributed by atoms with E-state index in [1.165, 1.54) is 4.90 Å². The maximum Gasteiger partial charge on any atom is 0.276 e. The molecule has 154 valence electrons. The second-order valence-corrected chi connectivity index (χ2v) is 7.03. The number of oxazole rings is 1. The van der Waals surface area contributed by atoms with Crippen LogP contribution in [-0.2, 0) is 13.2 Å². The minimum atomic E-state index is -0.302. The second kappa shape index (κ2) is 7.91. The van der Waals surface area contributed by atoms with Crippen LogP contribution in [-0.4, -0.2) is 33.0 Å². The molecular formula is C23H18N4O4. The summed E-state index contributed by atoms with van der Waals surface area (Å²) in [5.41, 5.74) is 2.39. The SMILES string of the molecule is CN(Cc1nc2ccccc2o1)C(=O)c1cc(COc2cccc3cccnc23)on1. The zero-order valence-electron chi connectivity index (χ0n) is 16.7. The van der Waals surface area contributed by atoms with E-state index in [2.05, 4.69) is 15.1 Å². The fourth-order valence-electron chi connectivity index (χ4n) is 3.28. The molecule has 1 amide bonds. The van der Waals surface area contributed by atoms with Gasteiger partial charge in [-0.1, -0.05) is 35.5 Å². The maximum atomic E-state index is 12.7. The lowest BCUT2D eigenvalue weighted by atomic mass is 10.2. The van der Waals surface area contributed by atoms with Gasteiger partial charge in [0.2, 0.25) is 5.89 Å². The third-order valence-electron chi connectivity index (χ3n) is 4.80. The highest BCUT2D eigenvalue weighted by Gasteiger charge is 2.19. The van der Waals surface area contributed by atoms with E-state index < -0.39 is 0 Å². The van der Waals surface area contributed by atoms with Gasteiger partial charge in [0, 0.05) is 24.7 Å². The quantitative estimate of drug-likeness (QED) is 0.411. The average Bonchev–Trinajstić information content (AvgIpc) is 3.43. The van der Waals surface area contributed by atoms with Crippen molar-refractivity contribution in [3.63, 3.8) is 0 Å². The topological polar surface area (TPSA) is 94.5 Å². The number of amides is 1. The molecule has 0 N–H and O–H groups in total. The molecule has 0 spiro atoms. The first-order chi connectivity index (χ1) is 15.2. The van der Waals surface area contributed by atoms with Crippen molar-refractivity contribution >= 4 is 27.9 Å². The van der Waals surface area contributed by atoms with Crippen molar-refractivity contribution in [1.82, 2.24) is 20.0 Å². The minimum absolute atomic E-state index is 0.130. The summed E-state index contributed by atoms with van der Waals surface area (Å²) < 4.78 is 16.8. The molecule has 3 aromatic heterocycles. The van der Waals surface area contributed by atoms with Crippen molar-refractivity contribution < 1.29 is 18.5 Å². The van der Waals surface area contributed by atoms with Crippen molar-refractivity contribution in [2.75, 3.05) is 7.05 Å². The molecule has 0 aliphatic rings. The summed E-state index contributed by atoms with van der Waals surface area (Å²) in [5.74, 6) is 1.22. The number of para-hydroxylation sites is 3. The largest absolute Gasteiger partial charge is 0.483 e. The van der Waals surface area contributed by atoms with Crippen LogP contribution in [0.4, 0.5) is 0 Å². The first kappa shape index (κ1) is 18.8. The Hall–Kier alpha value is -4.20. The lowest BCUT2D eigenvalue weighted by Gasteiger charge is -2.12. The predicted octanol–water partition coefficient (Wildman–Crippen LogP) is 4.22. The van der Waals surface area contributed by atoms with Crippen molar-refractivity contribution in [3.05, 3.63) is 84.2 Å². The first-order valence-corrected chi connectivity index (χ1v) is 9.69. The first-order valence-electron chi connectivity index (χ1n) is 9.69. The monoisotopic (exact) mass is 414 g/mol. The van der Waals surface area contributed by atoms with E-state index in [4.69, 9.17) is 13.7 Å². The summed E-state index contributed by atoms with van der Waals surface area (Å²) in [4.78, 5) is 22.9. The Bertz CT molecular complexity index is 1340. The maximum absolute atomic E-state index is 12.7. The van der Waals surface area contributed by atoms with E-state index in [1.807, 2.05) is 54.6 Å². The molecule has 0 saturated heterocycles. The predicted molar refractivity (Wildman–Crippen MR) is 112 cm³/mol. The molecule has 0 radical (unpaired) electrons. The molecule has 5 aromatic rings. The third kappa shape index (κ3) is 3.83. The van der Waals surface area contributed by atoms with Gasteiger partial charge in [-0.25, -0.2) is 4.98 Å². The van der Waals surface area contributed by atoms with E-state index >= 15 is 0 Å². The van der Waals surface area contributed by atoms with Crippen LogP contribution in [0.1, 0.15) is 22.1 Å². The van der Waals surface area contributed by atoms with Crippen molar-refractivity contribution in [1.29, 1.82) is 0 Å². The molecule has 0 fully saturated rings. The molecule has 0 bridgehead atoms. The van der Waals surface area contributed by atoms with Gasteiger partial charge in [-0.3, -0.25) is 9.78 Å². The van der Waals surface area contributed by atoms with E-state index in [-0.39, 0.29) is 24.8 Å². The summed E-state index contributed by atoms with van der Waals surface area (Å²) in [6.45, 7) is 0.346. The summed E-state index contributed by atoms with van der Waals surface area (Å²) in [7, 11) is 1.66. The molecule has 2 aromatic carbocycles. The number of pyridine rings is 1. The van der Waals surface area contributed by atoms with Crippen LogP contribution >= 0.6 is 0 Å². The smallest absolute Gasteiger partial charge is 0.276 e. The van der Waals surface area contributed by atoms with Gasteiger partial charge in [0.05, 0.1) is 6.54 Å². The van der Waals surface area contributed by atoms with Gasteiger partial charge in [0.15, 0.2) is 17.0 Å². The van der Waals surface area contributed by atoms with Crippen molar-refractivity contribution in [2.45, 2.75) is 13.2 Å². The van der Waals surface area contributed by atoms with Gasteiger partial charge in [0.25, 0.3) is 5.91 Å². The number of hydrogen-bond donors (Lipinski definition) is 0. The Morgan fingerprint density at radius 2 is 1.97 bits per heavy atom. The molecule has 3 heterocycles. The molecular weight excluding hydrogens is 396 g/mol. The highest BCUT2D eigenvalue weighted by atomic mass is 16.5. The van der Waals surface area contributed by atoms with Crippen LogP contribution in [0, 0.1) is 0 Å². The number of hydrogen-bond acceptors (Lipinski definition) is 7. The molecule has 0 atom stereocenters. The number of aromatic nitrogens is 3. The Morgan fingerprint density at radius 3 is 2.87 bits per heavy atom. The number of carbonyl (C=O) groups is 1. The zero-order chi connectivity index (χ0) is 21.2. The molecule has 0 saturated carbocycles. The van der Waals surface area contributed by atoms with Gasteiger partial charge >= 0.3 is 0 Å². The lowest BCUT2D eigenvalue weighted by Crippen LogP contribution is -2.26. The van der Waals surface area contributed by atoms with Gasteiger partial charge in [-0.05, 0) is 24.3 Å². The van der Waals surface area contributed by atoms with E-state index in [1.54, 1.807) is 19.3 Å². The van der Waals surface area contributed by atoms with Gasteiger partial charge in [-0.15, -0.1) is 0 Å². The molecule has 31 heavy (non-hydrogen) atoms. The van der Waals surface area contributed by atoms with Crippen LogP contribution in [0.5, 0.6) is 5.75 Å². The number of nitrogens with zero attached hydrogens (tertiary/aromatic N) is 4. The molecule has 0 aliphatic carbocycles. The Kier molecular flexibility index (Phi) is 4.80. The van der Waals surface area contributed by atoms with E-state index in [9.17, 15) is 4.79 Å². The van der Waals surface area contributed by atoms with Gasteiger partial charge in [-0.2, -0.15) is 0 Å². The number of benzene rings is 2. The van der Waals surface area contributed by atoms with Crippen LogP contribution < -0.4 is 4.74 Å². The average molecular weight is 414 g/mol. The number of fused-ring (bicyclic) bond motifs is 2. The number of ether oxygens (including phenoxy) is 1. The zero-order valence-corrected chi connectivity index (χ0v) is 16.7.